The minimum Gasteiger partial charge on any atom is -0.490 e. The molecule has 0 radical (unpaired) electrons. The van der Waals surface area contributed by atoms with Crippen molar-refractivity contribution >= 4 is 0 Å². The Labute approximate surface area is 126 Å². The zero-order chi connectivity index (χ0) is 15.5. The largest absolute Gasteiger partial charge is 0.490 e. The number of aliphatic hydroxyl groups excluding tert-OH is 3. The Kier molecular flexibility index (Phi) is 8.69. The van der Waals surface area contributed by atoms with E-state index in [9.17, 15) is 5.11 Å². The summed E-state index contributed by atoms with van der Waals surface area (Å²) in [5.74, 6) is 0.752. The third-order valence-electron chi connectivity index (χ3n) is 3.22. The van der Waals surface area contributed by atoms with Crippen molar-refractivity contribution in [3.8, 4) is 5.75 Å². The molecule has 4 N–H and O–H groups in total. The fourth-order valence-corrected chi connectivity index (χ4v) is 2.19. The molecule has 1 aromatic rings. The van der Waals surface area contributed by atoms with Crippen LogP contribution in [0.3, 0.4) is 0 Å². The molecular formula is C16H26NO4+. The Morgan fingerprint density at radius 3 is 2.48 bits per heavy atom. The number of hydrogen-bond donors (Lipinski definition) is 4. The first kappa shape index (κ1) is 17.7. The summed E-state index contributed by atoms with van der Waals surface area (Å²) in [4.78, 5) is 0.954. The Bertz CT molecular complexity index is 405. The number of nitrogens with one attached hydrogen (secondary N) is 1. The quantitative estimate of drug-likeness (QED) is 0.396. The molecule has 0 fully saturated rings. The standard InChI is InChI=1S/C16H25NO4/c1-2-5-14-6-3-4-7-16(14)21-13-15(20)12-17(8-10-18)9-11-19/h2-4,6-7,15,18-20H,1,5,8-13H2/p+1/t15-/m1/s1. The number of aliphatic hydroxyl groups is 3. The first-order valence-electron chi connectivity index (χ1n) is 7.26. The summed E-state index contributed by atoms with van der Waals surface area (Å²) < 4.78 is 5.67. The van der Waals surface area contributed by atoms with Crippen molar-refractivity contribution in [2.75, 3.05) is 39.5 Å². The summed E-state index contributed by atoms with van der Waals surface area (Å²) in [6, 6.07) is 7.68. The molecule has 0 aliphatic carbocycles. The molecule has 21 heavy (non-hydrogen) atoms. The van der Waals surface area contributed by atoms with Gasteiger partial charge in [-0.25, -0.2) is 0 Å². The SMILES string of the molecule is C=CCc1ccccc1OC[C@H](O)C[NH+](CCO)CCO. The molecule has 1 atom stereocenters. The smallest absolute Gasteiger partial charge is 0.137 e. The van der Waals surface area contributed by atoms with E-state index in [2.05, 4.69) is 6.58 Å². The highest BCUT2D eigenvalue weighted by molar-refractivity contribution is 5.34. The summed E-state index contributed by atoms with van der Waals surface area (Å²) in [5, 5.41) is 27.9. The molecular weight excluding hydrogens is 270 g/mol. The third kappa shape index (κ3) is 6.73. The lowest BCUT2D eigenvalue weighted by Crippen LogP contribution is -3.14. The second-order valence-corrected chi connectivity index (χ2v) is 4.97. The van der Waals surface area contributed by atoms with Crippen LogP contribution in [-0.4, -0.2) is 60.9 Å². The fourth-order valence-electron chi connectivity index (χ4n) is 2.19. The molecule has 0 spiro atoms. The van der Waals surface area contributed by atoms with E-state index in [4.69, 9.17) is 14.9 Å². The number of allylic oxidation sites excluding steroid dienone is 1. The molecule has 0 amide bonds. The van der Waals surface area contributed by atoms with Gasteiger partial charge in [0.2, 0.25) is 0 Å². The summed E-state index contributed by atoms with van der Waals surface area (Å²) in [5.41, 5.74) is 1.04. The van der Waals surface area contributed by atoms with Gasteiger partial charge in [-0.2, -0.15) is 0 Å². The Morgan fingerprint density at radius 1 is 1.19 bits per heavy atom. The second kappa shape index (κ2) is 10.3. The van der Waals surface area contributed by atoms with Gasteiger partial charge in [-0.05, 0) is 18.1 Å². The molecule has 0 saturated heterocycles. The number of hydrogen-bond acceptors (Lipinski definition) is 4. The lowest BCUT2D eigenvalue weighted by atomic mass is 10.1. The average Bonchev–Trinajstić information content (AvgIpc) is 2.47. The van der Waals surface area contributed by atoms with Gasteiger partial charge in [0.15, 0.2) is 0 Å². The van der Waals surface area contributed by atoms with Crippen LogP contribution in [0.4, 0.5) is 0 Å². The molecule has 0 aromatic heterocycles. The maximum Gasteiger partial charge on any atom is 0.137 e. The van der Waals surface area contributed by atoms with Crippen LogP contribution in [0, 0.1) is 0 Å². The van der Waals surface area contributed by atoms with E-state index in [-0.39, 0.29) is 19.8 Å². The van der Waals surface area contributed by atoms with Crippen LogP contribution in [0.15, 0.2) is 36.9 Å². The highest BCUT2D eigenvalue weighted by Gasteiger charge is 2.15. The van der Waals surface area contributed by atoms with Crippen molar-refractivity contribution in [1.82, 2.24) is 0 Å². The van der Waals surface area contributed by atoms with Crippen LogP contribution in [-0.2, 0) is 6.42 Å². The van der Waals surface area contributed by atoms with Crippen LogP contribution < -0.4 is 9.64 Å². The summed E-state index contributed by atoms with van der Waals surface area (Å²) >= 11 is 0. The average molecular weight is 296 g/mol. The first-order valence-corrected chi connectivity index (χ1v) is 7.26. The van der Waals surface area contributed by atoms with E-state index in [0.717, 1.165) is 22.6 Å². The van der Waals surface area contributed by atoms with E-state index in [0.29, 0.717) is 19.6 Å². The monoisotopic (exact) mass is 296 g/mol. The number of benzene rings is 1. The van der Waals surface area contributed by atoms with Gasteiger partial charge in [-0.1, -0.05) is 24.3 Å². The van der Waals surface area contributed by atoms with Crippen LogP contribution >= 0.6 is 0 Å². The van der Waals surface area contributed by atoms with Crippen molar-refractivity contribution in [3.63, 3.8) is 0 Å². The molecule has 0 bridgehead atoms. The Morgan fingerprint density at radius 2 is 1.86 bits per heavy atom. The van der Waals surface area contributed by atoms with E-state index in [1.807, 2.05) is 30.3 Å². The van der Waals surface area contributed by atoms with E-state index < -0.39 is 6.10 Å². The van der Waals surface area contributed by atoms with Gasteiger partial charge in [-0.15, -0.1) is 6.58 Å². The van der Waals surface area contributed by atoms with Crippen LogP contribution in [0.5, 0.6) is 5.75 Å². The van der Waals surface area contributed by atoms with Gasteiger partial charge in [0.05, 0.1) is 13.2 Å². The number of rotatable bonds is 11. The molecule has 1 aromatic carbocycles. The third-order valence-corrected chi connectivity index (χ3v) is 3.22. The minimum atomic E-state index is -0.644. The highest BCUT2D eigenvalue weighted by atomic mass is 16.5. The second-order valence-electron chi connectivity index (χ2n) is 4.97. The predicted octanol–water partition coefficient (Wildman–Crippen LogP) is -0.976. The van der Waals surface area contributed by atoms with Crippen molar-refractivity contribution in [2.45, 2.75) is 12.5 Å². The Balaban J connectivity index is 2.48. The molecule has 1 rings (SSSR count). The van der Waals surface area contributed by atoms with Gasteiger partial charge in [0, 0.05) is 0 Å². The van der Waals surface area contributed by atoms with E-state index in [1.165, 1.54) is 0 Å². The van der Waals surface area contributed by atoms with Crippen molar-refractivity contribution < 1.29 is 25.0 Å². The molecule has 0 heterocycles. The topological polar surface area (TPSA) is 74.4 Å². The van der Waals surface area contributed by atoms with Gasteiger partial charge in [-0.3, -0.25) is 0 Å². The van der Waals surface area contributed by atoms with E-state index in [1.54, 1.807) is 0 Å². The molecule has 5 nitrogen and oxygen atoms in total. The molecule has 0 saturated carbocycles. The number of para-hydroxylation sites is 1. The van der Waals surface area contributed by atoms with Gasteiger partial charge < -0.3 is 25.0 Å². The lowest BCUT2D eigenvalue weighted by Gasteiger charge is -2.21. The number of quaternary nitrogens is 1. The van der Waals surface area contributed by atoms with Crippen molar-refractivity contribution in [2.24, 2.45) is 0 Å². The van der Waals surface area contributed by atoms with Gasteiger partial charge >= 0.3 is 0 Å². The number of ether oxygens (including phenoxy) is 1. The summed E-state index contributed by atoms with van der Waals surface area (Å²) in [6.45, 7) is 5.42. The van der Waals surface area contributed by atoms with Crippen molar-refractivity contribution in [3.05, 3.63) is 42.5 Å². The maximum absolute atomic E-state index is 10.0. The molecule has 118 valence electrons. The normalized spacial score (nSPS) is 12.4. The van der Waals surface area contributed by atoms with E-state index >= 15 is 0 Å². The highest BCUT2D eigenvalue weighted by Crippen LogP contribution is 2.18. The predicted molar refractivity (Wildman–Crippen MR) is 81.6 cm³/mol. The molecule has 0 aliphatic rings. The van der Waals surface area contributed by atoms with Crippen molar-refractivity contribution in [1.29, 1.82) is 0 Å². The Hall–Kier alpha value is -1.40. The van der Waals surface area contributed by atoms with Gasteiger partial charge in [0.1, 0.15) is 38.1 Å². The first-order chi connectivity index (χ1) is 10.2. The van der Waals surface area contributed by atoms with Crippen LogP contribution in [0.2, 0.25) is 0 Å². The van der Waals surface area contributed by atoms with Crippen LogP contribution in [0.25, 0.3) is 0 Å². The lowest BCUT2D eigenvalue weighted by molar-refractivity contribution is -0.903. The fraction of sp³-hybridized carbons (Fsp3) is 0.500. The molecule has 5 heteroatoms. The van der Waals surface area contributed by atoms with Crippen LogP contribution in [0.1, 0.15) is 5.56 Å². The molecule has 0 aliphatic heterocycles. The summed E-state index contributed by atoms with van der Waals surface area (Å²) in [6.07, 6.45) is 1.89. The maximum atomic E-state index is 10.0. The van der Waals surface area contributed by atoms with Gasteiger partial charge in [0.25, 0.3) is 0 Å². The minimum absolute atomic E-state index is 0.0328. The summed E-state index contributed by atoms with van der Waals surface area (Å²) in [7, 11) is 0. The molecule has 0 unspecified atom stereocenters. The zero-order valence-corrected chi connectivity index (χ0v) is 12.4. The zero-order valence-electron chi connectivity index (χ0n) is 12.4.